The topological polar surface area (TPSA) is 194 Å². The molecule has 0 bridgehead atoms. The fourth-order valence-electron chi connectivity index (χ4n) is 7.47. The Balaban J connectivity index is 1.42. The minimum Gasteiger partial charge on any atom is -0.465 e. The molecule has 1 fully saturated rings. The highest BCUT2D eigenvalue weighted by Gasteiger charge is 2.45. The zero-order valence-electron chi connectivity index (χ0n) is 36.0. The molecule has 2 aromatic carbocycles. The molecule has 0 saturated carbocycles. The molecule has 1 aliphatic heterocycles. The Hall–Kier alpha value is -5.67. The van der Waals surface area contributed by atoms with Crippen LogP contribution in [0.1, 0.15) is 89.1 Å². The maximum absolute atomic E-state index is 14.5. The predicted molar refractivity (Wildman–Crippen MR) is 235 cm³/mol. The number of aromatic nitrogens is 2. The molecule has 1 unspecified atom stereocenters. The first-order valence-corrected chi connectivity index (χ1v) is 21.7. The Labute approximate surface area is 362 Å². The largest absolute Gasteiger partial charge is 0.465 e. The van der Waals surface area contributed by atoms with Crippen molar-refractivity contribution in [1.29, 1.82) is 0 Å². The van der Waals surface area contributed by atoms with E-state index in [0.29, 0.717) is 12.1 Å². The van der Waals surface area contributed by atoms with E-state index in [2.05, 4.69) is 25.9 Å². The van der Waals surface area contributed by atoms with E-state index < -0.39 is 65.5 Å². The van der Waals surface area contributed by atoms with Crippen LogP contribution in [0.5, 0.6) is 0 Å². The average Bonchev–Trinajstić information content (AvgIpc) is 3.81. The van der Waals surface area contributed by atoms with Crippen LogP contribution in [0, 0.1) is 11.3 Å². The van der Waals surface area contributed by atoms with Crippen LogP contribution < -0.4 is 16.0 Å². The molecule has 1 aliphatic rings. The van der Waals surface area contributed by atoms with Crippen molar-refractivity contribution in [2.45, 2.75) is 117 Å². The minimum absolute atomic E-state index is 0.00138. The highest BCUT2D eigenvalue weighted by atomic mass is 32.1. The van der Waals surface area contributed by atoms with Gasteiger partial charge in [-0.3, -0.25) is 24.3 Å². The summed E-state index contributed by atoms with van der Waals surface area (Å²) < 4.78 is 0. The van der Waals surface area contributed by atoms with Gasteiger partial charge < -0.3 is 31.1 Å². The maximum atomic E-state index is 14.5. The van der Waals surface area contributed by atoms with Crippen molar-refractivity contribution in [2.75, 3.05) is 6.54 Å². The van der Waals surface area contributed by atoms with Gasteiger partial charge in [0.05, 0.1) is 35.1 Å². The van der Waals surface area contributed by atoms with Crippen LogP contribution in [0.15, 0.2) is 84.4 Å². The summed E-state index contributed by atoms with van der Waals surface area (Å²) in [4.78, 5) is 79.0. The van der Waals surface area contributed by atoms with Crippen molar-refractivity contribution in [2.24, 2.45) is 11.3 Å². The maximum Gasteiger partial charge on any atom is 0.405 e. The number of carbonyl (C=O) groups is 5. The van der Waals surface area contributed by atoms with Crippen LogP contribution >= 0.6 is 11.3 Å². The van der Waals surface area contributed by atoms with Crippen molar-refractivity contribution in [3.63, 3.8) is 0 Å². The molecule has 2 aromatic heterocycles. The number of hydrogen-bond acceptors (Lipinski definition) is 9. The summed E-state index contributed by atoms with van der Waals surface area (Å²) >= 11 is 1.47. The minimum atomic E-state index is -1.34. The van der Waals surface area contributed by atoms with E-state index in [0.717, 1.165) is 32.3 Å². The third-order valence-corrected chi connectivity index (χ3v) is 12.2. The summed E-state index contributed by atoms with van der Waals surface area (Å²) in [7, 11) is 0. The Kier molecular flexibility index (Phi) is 15.8. The second-order valence-electron chi connectivity index (χ2n) is 17.2. The lowest BCUT2D eigenvalue weighted by atomic mass is 9.85. The molecule has 3 heterocycles. The van der Waals surface area contributed by atoms with Gasteiger partial charge >= 0.3 is 12.1 Å². The molecule has 0 radical (unpaired) electrons. The molecular formula is C46H59N7O7S. The number of thiazole rings is 1. The van der Waals surface area contributed by atoms with Crippen LogP contribution in [-0.4, -0.2) is 96.6 Å². The molecule has 0 aliphatic carbocycles. The monoisotopic (exact) mass is 853 g/mol. The number of rotatable bonds is 19. The fraction of sp³-hybridized carbons (Fsp3) is 0.457. The molecule has 5 rings (SSSR count). The van der Waals surface area contributed by atoms with Crippen molar-refractivity contribution >= 4 is 41.2 Å². The molecule has 14 nitrogen and oxygen atoms in total. The Morgan fingerprint density at radius 3 is 2.13 bits per heavy atom. The van der Waals surface area contributed by atoms with E-state index in [-0.39, 0.29) is 44.2 Å². The van der Waals surface area contributed by atoms with Crippen LogP contribution in [0.2, 0.25) is 0 Å². The standard InChI is InChI=1S/C46H59N7O7S/c1-8-29(4)39(53-26-38(55)52(45(53)60)25-34-27-61-43(49-34)28(2)3)41(56)50-36(23-30-14-10-9-11-15-30)37(54)24-33(48-42(57)40(46(5,6)7)51-44(58)59)22-31-17-19-32(20-18-31)35-16-12-13-21-47-35/h9-21,27-29,33,36-37,39-40,51,54H,8,22-26H2,1-7H3,(H,48,57)(H,50,56)(H,58,59)/t29?,33-,36-,37-,39-,40+/m0/s1. The molecule has 61 heavy (non-hydrogen) atoms. The summed E-state index contributed by atoms with van der Waals surface area (Å²) in [5.41, 5.74) is 3.19. The normalized spacial score (nSPS) is 16.1. The molecule has 1 saturated heterocycles. The van der Waals surface area contributed by atoms with Gasteiger partial charge in [0.2, 0.25) is 11.8 Å². The first-order valence-electron chi connectivity index (χ1n) is 20.8. The number of benzene rings is 2. The van der Waals surface area contributed by atoms with Gasteiger partial charge in [-0.2, -0.15) is 0 Å². The predicted octanol–water partition coefficient (Wildman–Crippen LogP) is 6.40. The summed E-state index contributed by atoms with van der Waals surface area (Å²) in [5, 5.41) is 32.9. The lowest BCUT2D eigenvalue weighted by Crippen LogP contribution is -2.58. The van der Waals surface area contributed by atoms with Gasteiger partial charge in [0.15, 0.2) is 0 Å². The van der Waals surface area contributed by atoms with Crippen molar-refractivity contribution < 1.29 is 34.2 Å². The van der Waals surface area contributed by atoms with Crippen LogP contribution in [0.4, 0.5) is 9.59 Å². The van der Waals surface area contributed by atoms with Gasteiger partial charge in [-0.15, -0.1) is 11.3 Å². The van der Waals surface area contributed by atoms with Crippen LogP contribution in [-0.2, 0) is 33.8 Å². The smallest absolute Gasteiger partial charge is 0.405 e. The van der Waals surface area contributed by atoms with E-state index in [1.54, 1.807) is 27.0 Å². The quantitative estimate of drug-likeness (QED) is 0.0665. The van der Waals surface area contributed by atoms with Crippen LogP contribution in [0.25, 0.3) is 11.3 Å². The number of carboxylic acid groups (broad SMARTS) is 1. The number of aliphatic hydroxyl groups is 1. The van der Waals surface area contributed by atoms with Crippen molar-refractivity contribution in [3.8, 4) is 11.3 Å². The number of hydrogen-bond donors (Lipinski definition) is 5. The number of nitrogens with one attached hydrogen (secondary N) is 3. The third-order valence-electron chi connectivity index (χ3n) is 11.0. The zero-order chi connectivity index (χ0) is 44.4. The van der Waals surface area contributed by atoms with E-state index in [1.165, 1.54) is 16.2 Å². The highest BCUT2D eigenvalue weighted by molar-refractivity contribution is 7.09. The van der Waals surface area contributed by atoms with Gasteiger partial charge in [-0.05, 0) is 53.9 Å². The number of pyridine rings is 1. The van der Waals surface area contributed by atoms with E-state index in [1.807, 2.05) is 106 Å². The number of imide groups is 1. The Bertz CT molecular complexity index is 2110. The molecule has 4 aromatic rings. The molecule has 5 N–H and O–H groups in total. The van der Waals surface area contributed by atoms with Gasteiger partial charge in [0, 0.05) is 29.1 Å². The summed E-state index contributed by atoms with van der Waals surface area (Å²) in [6, 6.07) is 18.4. The first-order chi connectivity index (χ1) is 28.9. The molecule has 326 valence electrons. The molecule has 0 spiro atoms. The summed E-state index contributed by atoms with van der Waals surface area (Å²) in [5.74, 6) is -1.66. The Morgan fingerprint density at radius 1 is 0.869 bits per heavy atom. The van der Waals surface area contributed by atoms with Crippen molar-refractivity contribution in [1.82, 2.24) is 35.7 Å². The van der Waals surface area contributed by atoms with Crippen LogP contribution in [0.3, 0.4) is 0 Å². The van der Waals surface area contributed by atoms with Gasteiger partial charge in [-0.1, -0.05) is 116 Å². The van der Waals surface area contributed by atoms with E-state index >= 15 is 0 Å². The fourth-order valence-corrected chi connectivity index (χ4v) is 8.29. The van der Waals surface area contributed by atoms with Gasteiger partial charge in [0.1, 0.15) is 18.6 Å². The van der Waals surface area contributed by atoms with E-state index in [9.17, 15) is 34.2 Å². The average molecular weight is 854 g/mol. The number of urea groups is 1. The third kappa shape index (κ3) is 12.4. The second-order valence-corrected chi connectivity index (χ2v) is 18.1. The highest BCUT2D eigenvalue weighted by Crippen LogP contribution is 2.27. The van der Waals surface area contributed by atoms with E-state index in [4.69, 9.17) is 0 Å². The zero-order valence-corrected chi connectivity index (χ0v) is 36.8. The molecule has 6 atom stereocenters. The second kappa shape index (κ2) is 20.7. The Morgan fingerprint density at radius 2 is 1.54 bits per heavy atom. The summed E-state index contributed by atoms with van der Waals surface area (Å²) in [6.07, 6.45) is 0.131. The molecule has 15 heteroatoms. The first kappa shape index (κ1) is 46.4. The van der Waals surface area contributed by atoms with Gasteiger partial charge in [-0.25, -0.2) is 14.6 Å². The van der Waals surface area contributed by atoms with Gasteiger partial charge in [0.25, 0.3) is 5.91 Å². The van der Waals surface area contributed by atoms with Crippen molar-refractivity contribution in [3.05, 3.63) is 106 Å². The number of aliphatic hydroxyl groups excluding tert-OH is 1. The number of carbonyl (C=O) groups excluding carboxylic acids is 4. The molecular weight excluding hydrogens is 795 g/mol. The lowest BCUT2D eigenvalue weighted by Gasteiger charge is -2.35. The summed E-state index contributed by atoms with van der Waals surface area (Å²) in [6.45, 7) is 12.8. The molecule has 6 amide bonds. The lowest BCUT2D eigenvalue weighted by molar-refractivity contribution is -0.130. The number of amides is 6. The number of nitrogens with zero attached hydrogens (tertiary/aromatic N) is 4. The SMILES string of the molecule is CCC(C)[C@@H](C(=O)N[C@@H](Cc1ccccc1)[C@@H](O)C[C@H](Cc1ccc(-c2ccccn2)cc1)NC(=O)[C@@H](NC(=O)O)C(C)(C)C)N1CC(=O)N(Cc2csc(C(C)C)n2)C1=O.